The highest BCUT2D eigenvalue weighted by Gasteiger charge is 2.24. The van der Waals surface area contributed by atoms with E-state index in [0.717, 1.165) is 0 Å². The van der Waals surface area contributed by atoms with Gasteiger partial charge >= 0.3 is 5.97 Å². The quantitative estimate of drug-likeness (QED) is 0.416. The number of ether oxygens (including phenoxy) is 1. The smallest absolute Gasteiger partial charge is 0.306 e. The Bertz CT molecular complexity index is 934. The number of esters is 1. The molecule has 0 aliphatic rings. The molecule has 2 aromatic rings. The lowest BCUT2D eigenvalue weighted by Gasteiger charge is -2.24. The Morgan fingerprint density at radius 1 is 1.03 bits per heavy atom. The van der Waals surface area contributed by atoms with Crippen LogP contribution in [0.4, 0.5) is 5.69 Å². The van der Waals surface area contributed by atoms with Crippen LogP contribution in [-0.4, -0.2) is 40.0 Å². The van der Waals surface area contributed by atoms with Crippen LogP contribution in [0.5, 0.6) is 0 Å². The van der Waals surface area contributed by atoms with Gasteiger partial charge in [0.25, 0.3) is 10.0 Å². The van der Waals surface area contributed by atoms with E-state index in [1.54, 1.807) is 37.3 Å². The molecule has 7 nitrogen and oxygen atoms in total. The van der Waals surface area contributed by atoms with Crippen molar-refractivity contribution in [1.29, 1.82) is 0 Å². The first-order valence-corrected chi connectivity index (χ1v) is 11.4. The number of halogens is 1. The van der Waals surface area contributed by atoms with Crippen molar-refractivity contribution in [3.63, 3.8) is 0 Å². The van der Waals surface area contributed by atoms with Crippen molar-refractivity contribution in [2.45, 2.75) is 31.1 Å². The molecule has 0 saturated carbocycles. The number of rotatable bonds is 11. The van der Waals surface area contributed by atoms with E-state index in [0.29, 0.717) is 17.1 Å². The van der Waals surface area contributed by atoms with Crippen LogP contribution in [0.25, 0.3) is 0 Å². The summed E-state index contributed by atoms with van der Waals surface area (Å²) >= 11 is 5.88. The summed E-state index contributed by atoms with van der Waals surface area (Å²) in [6.07, 6.45) is 0.442. The number of hydrogen-bond acceptors (Lipinski definition) is 5. The summed E-state index contributed by atoms with van der Waals surface area (Å²) in [5, 5.41) is 3.15. The third-order valence-electron chi connectivity index (χ3n) is 4.17. The zero-order chi connectivity index (χ0) is 22.0. The van der Waals surface area contributed by atoms with Crippen molar-refractivity contribution >= 4 is 39.2 Å². The first-order valence-electron chi connectivity index (χ1n) is 9.60. The van der Waals surface area contributed by atoms with Crippen molar-refractivity contribution in [2.75, 3.05) is 24.0 Å². The monoisotopic (exact) mass is 452 g/mol. The highest BCUT2D eigenvalue weighted by atomic mass is 35.5. The fraction of sp³-hybridized carbons (Fsp3) is 0.333. The molecule has 9 heteroatoms. The van der Waals surface area contributed by atoms with Crippen LogP contribution in [0.3, 0.4) is 0 Å². The van der Waals surface area contributed by atoms with E-state index in [4.69, 9.17) is 16.3 Å². The van der Waals surface area contributed by atoms with Gasteiger partial charge in [0.1, 0.15) is 0 Å². The topological polar surface area (TPSA) is 92.8 Å². The molecule has 2 aromatic carbocycles. The normalized spacial score (nSPS) is 11.0. The summed E-state index contributed by atoms with van der Waals surface area (Å²) in [7, 11) is -3.80. The van der Waals surface area contributed by atoms with Gasteiger partial charge in [-0.3, -0.25) is 13.9 Å². The van der Waals surface area contributed by atoms with E-state index >= 15 is 0 Å². The SMILES string of the molecule is CCOC(=O)CCC(=O)NCCCN(c1ccccc1)S(=O)(=O)c1ccc(Cl)cc1. The number of carbonyl (C=O) groups excluding carboxylic acids is 2. The third kappa shape index (κ3) is 7.03. The van der Waals surface area contributed by atoms with Crippen molar-refractivity contribution < 1.29 is 22.7 Å². The van der Waals surface area contributed by atoms with Crippen molar-refractivity contribution in [3.05, 3.63) is 59.6 Å². The maximum absolute atomic E-state index is 13.2. The minimum atomic E-state index is -3.80. The van der Waals surface area contributed by atoms with Crippen molar-refractivity contribution in [2.24, 2.45) is 0 Å². The van der Waals surface area contributed by atoms with E-state index in [-0.39, 0.29) is 43.3 Å². The molecule has 0 unspecified atom stereocenters. The zero-order valence-corrected chi connectivity index (χ0v) is 18.3. The molecular weight excluding hydrogens is 428 g/mol. The summed E-state index contributed by atoms with van der Waals surface area (Å²) in [4.78, 5) is 23.3. The molecular formula is C21H25ClN2O5S. The van der Waals surface area contributed by atoms with Crippen LogP contribution in [0.2, 0.25) is 5.02 Å². The van der Waals surface area contributed by atoms with Gasteiger partial charge in [-0.2, -0.15) is 0 Å². The van der Waals surface area contributed by atoms with Crippen LogP contribution in [0, 0.1) is 0 Å². The molecule has 0 bridgehead atoms. The molecule has 2 rings (SSSR count). The number of amides is 1. The van der Waals surface area contributed by atoms with Gasteiger partial charge < -0.3 is 10.1 Å². The predicted octanol–water partition coefficient (Wildman–Crippen LogP) is 3.38. The number of hydrogen-bond donors (Lipinski definition) is 1. The van der Waals surface area contributed by atoms with Crippen molar-refractivity contribution in [3.8, 4) is 0 Å². The summed E-state index contributed by atoms with van der Waals surface area (Å²) in [6, 6.07) is 14.7. The van der Waals surface area contributed by atoms with Gasteiger partial charge in [-0.05, 0) is 49.7 Å². The number of carbonyl (C=O) groups is 2. The number of para-hydroxylation sites is 1. The number of nitrogens with zero attached hydrogens (tertiary/aromatic N) is 1. The maximum atomic E-state index is 13.2. The number of benzene rings is 2. The molecule has 0 aliphatic carbocycles. The van der Waals surface area contributed by atoms with Gasteiger partial charge in [0.15, 0.2) is 0 Å². The summed E-state index contributed by atoms with van der Waals surface area (Å²) < 4.78 is 32.4. The van der Waals surface area contributed by atoms with Crippen LogP contribution in [0.15, 0.2) is 59.5 Å². The Hall–Kier alpha value is -2.58. The lowest BCUT2D eigenvalue weighted by Crippen LogP contribution is -2.34. The number of anilines is 1. The van der Waals surface area contributed by atoms with E-state index in [1.807, 2.05) is 0 Å². The van der Waals surface area contributed by atoms with Crippen LogP contribution in [-0.2, 0) is 24.3 Å². The zero-order valence-electron chi connectivity index (χ0n) is 16.7. The largest absolute Gasteiger partial charge is 0.466 e. The molecule has 0 saturated heterocycles. The predicted molar refractivity (Wildman–Crippen MR) is 116 cm³/mol. The standard InChI is InChI=1S/C21H25ClN2O5S/c1-2-29-21(26)14-13-20(25)23-15-6-16-24(18-7-4-3-5-8-18)30(27,28)19-11-9-17(22)10-12-19/h3-5,7-12H,2,6,13-16H2,1H3,(H,23,25). The molecule has 1 amide bonds. The van der Waals surface area contributed by atoms with Gasteiger partial charge in [-0.15, -0.1) is 0 Å². The Labute approximate surface area is 182 Å². The van der Waals surface area contributed by atoms with Gasteiger partial charge in [0.2, 0.25) is 5.91 Å². The van der Waals surface area contributed by atoms with Gasteiger partial charge in [-0.25, -0.2) is 8.42 Å². The minimum absolute atomic E-state index is 0.0146. The Balaban J connectivity index is 1.99. The molecule has 0 atom stereocenters. The highest BCUT2D eigenvalue weighted by molar-refractivity contribution is 7.92. The average molecular weight is 453 g/mol. The van der Waals surface area contributed by atoms with E-state index < -0.39 is 16.0 Å². The Kier molecular flexibility index (Phi) is 9.14. The molecule has 0 aliphatic heterocycles. The first kappa shape index (κ1) is 23.7. The molecule has 0 aromatic heterocycles. The van der Waals surface area contributed by atoms with Crippen molar-refractivity contribution in [1.82, 2.24) is 5.32 Å². The molecule has 0 spiro atoms. The van der Waals surface area contributed by atoms with Crippen LogP contribution < -0.4 is 9.62 Å². The lowest BCUT2D eigenvalue weighted by atomic mass is 10.3. The summed E-state index contributed by atoms with van der Waals surface area (Å²) in [5.74, 6) is -0.702. The molecule has 30 heavy (non-hydrogen) atoms. The third-order valence-corrected chi connectivity index (χ3v) is 6.26. The van der Waals surface area contributed by atoms with E-state index in [9.17, 15) is 18.0 Å². The second-order valence-electron chi connectivity index (χ2n) is 6.38. The lowest BCUT2D eigenvalue weighted by molar-refractivity contribution is -0.144. The molecule has 0 fully saturated rings. The van der Waals surface area contributed by atoms with E-state index in [2.05, 4.69) is 5.32 Å². The average Bonchev–Trinajstić information content (AvgIpc) is 2.73. The fourth-order valence-corrected chi connectivity index (χ4v) is 4.33. The summed E-state index contributed by atoms with van der Waals surface area (Å²) in [5.41, 5.74) is 0.529. The van der Waals surface area contributed by atoms with Crippen LogP contribution >= 0.6 is 11.6 Å². The Morgan fingerprint density at radius 3 is 2.33 bits per heavy atom. The Morgan fingerprint density at radius 2 is 1.70 bits per heavy atom. The number of sulfonamides is 1. The second-order valence-corrected chi connectivity index (χ2v) is 8.67. The van der Waals surface area contributed by atoms with Gasteiger partial charge in [-0.1, -0.05) is 29.8 Å². The molecule has 1 N–H and O–H groups in total. The van der Waals surface area contributed by atoms with Gasteiger partial charge in [0, 0.05) is 24.5 Å². The van der Waals surface area contributed by atoms with Gasteiger partial charge in [0.05, 0.1) is 23.6 Å². The first-order chi connectivity index (χ1) is 14.3. The van der Waals surface area contributed by atoms with Crippen LogP contribution in [0.1, 0.15) is 26.2 Å². The fourth-order valence-electron chi connectivity index (χ4n) is 2.70. The maximum Gasteiger partial charge on any atom is 0.306 e. The summed E-state index contributed by atoms with van der Waals surface area (Å²) in [6.45, 7) is 2.43. The highest BCUT2D eigenvalue weighted by Crippen LogP contribution is 2.24. The minimum Gasteiger partial charge on any atom is -0.466 e. The molecule has 0 radical (unpaired) electrons. The molecule has 162 valence electrons. The number of nitrogens with one attached hydrogen (secondary N) is 1. The second kappa shape index (κ2) is 11.6. The molecule has 0 heterocycles. The van der Waals surface area contributed by atoms with E-state index in [1.165, 1.54) is 28.6 Å².